The number of aromatic nitrogens is 1. The fraction of sp³-hybridized carbons (Fsp3) is 0.667. The van der Waals surface area contributed by atoms with Crippen LogP contribution < -0.4 is 0 Å². The summed E-state index contributed by atoms with van der Waals surface area (Å²) in [6, 6.07) is 3.81. The van der Waals surface area contributed by atoms with Crippen molar-refractivity contribution in [2.45, 2.75) is 26.4 Å². The van der Waals surface area contributed by atoms with E-state index >= 15 is 0 Å². The standard InChI is InChI=1S/C18H27N3O3/c1-14-4-5-17(15(2)19-14)18(22)21-7-3-6-20(8-9-21)12-16-13-23-10-11-24-16/h4-5,16H,3,6-13H2,1-2H3. The molecule has 3 rings (SSSR count). The Hall–Kier alpha value is -1.50. The van der Waals surface area contributed by atoms with Gasteiger partial charge in [-0.2, -0.15) is 0 Å². The van der Waals surface area contributed by atoms with Gasteiger partial charge in [0, 0.05) is 31.9 Å². The van der Waals surface area contributed by atoms with Gasteiger partial charge in [0.05, 0.1) is 37.2 Å². The van der Waals surface area contributed by atoms with Gasteiger partial charge in [0.2, 0.25) is 0 Å². The lowest BCUT2D eigenvalue weighted by Gasteiger charge is -2.29. The molecule has 3 heterocycles. The summed E-state index contributed by atoms with van der Waals surface area (Å²) < 4.78 is 11.2. The van der Waals surface area contributed by atoms with Crippen LogP contribution in [0.4, 0.5) is 0 Å². The number of aryl methyl sites for hydroxylation is 2. The van der Waals surface area contributed by atoms with Gasteiger partial charge in [-0.15, -0.1) is 0 Å². The summed E-state index contributed by atoms with van der Waals surface area (Å²) in [5, 5.41) is 0. The highest BCUT2D eigenvalue weighted by molar-refractivity contribution is 5.95. The molecule has 0 aliphatic carbocycles. The topological polar surface area (TPSA) is 54.9 Å². The highest BCUT2D eigenvalue weighted by atomic mass is 16.6. The zero-order valence-electron chi connectivity index (χ0n) is 14.7. The second kappa shape index (κ2) is 8.05. The number of pyridine rings is 1. The quantitative estimate of drug-likeness (QED) is 0.834. The molecule has 2 saturated heterocycles. The number of carbonyl (C=O) groups is 1. The third-order valence-corrected chi connectivity index (χ3v) is 4.68. The number of ether oxygens (including phenoxy) is 2. The monoisotopic (exact) mass is 333 g/mol. The molecule has 0 aromatic carbocycles. The summed E-state index contributed by atoms with van der Waals surface area (Å²) in [4.78, 5) is 21.6. The lowest BCUT2D eigenvalue weighted by molar-refractivity contribution is -0.0971. The minimum atomic E-state index is 0.0964. The summed E-state index contributed by atoms with van der Waals surface area (Å²) >= 11 is 0. The van der Waals surface area contributed by atoms with Gasteiger partial charge in [0.15, 0.2) is 0 Å². The van der Waals surface area contributed by atoms with Crippen LogP contribution in [0.3, 0.4) is 0 Å². The van der Waals surface area contributed by atoms with E-state index in [0.717, 1.165) is 56.1 Å². The van der Waals surface area contributed by atoms with Gasteiger partial charge in [-0.05, 0) is 38.9 Å². The Bertz CT molecular complexity index is 573. The Morgan fingerprint density at radius 3 is 2.83 bits per heavy atom. The highest BCUT2D eigenvalue weighted by Gasteiger charge is 2.24. The molecule has 1 unspecified atom stereocenters. The maximum Gasteiger partial charge on any atom is 0.255 e. The maximum atomic E-state index is 12.8. The normalized spacial score (nSPS) is 23.1. The second-order valence-electron chi connectivity index (χ2n) is 6.60. The predicted molar refractivity (Wildman–Crippen MR) is 91.2 cm³/mol. The van der Waals surface area contributed by atoms with Crippen molar-refractivity contribution in [3.8, 4) is 0 Å². The summed E-state index contributed by atoms with van der Waals surface area (Å²) in [5.74, 6) is 0.0964. The van der Waals surface area contributed by atoms with Crippen LogP contribution >= 0.6 is 0 Å². The minimum absolute atomic E-state index is 0.0964. The Kier molecular flexibility index (Phi) is 5.81. The Balaban J connectivity index is 1.57. The van der Waals surface area contributed by atoms with Crippen molar-refractivity contribution in [3.63, 3.8) is 0 Å². The number of rotatable bonds is 3. The Morgan fingerprint density at radius 2 is 2.08 bits per heavy atom. The number of nitrogens with zero attached hydrogens (tertiary/aromatic N) is 3. The van der Waals surface area contributed by atoms with E-state index in [1.54, 1.807) is 0 Å². The zero-order valence-corrected chi connectivity index (χ0v) is 14.7. The third-order valence-electron chi connectivity index (χ3n) is 4.68. The molecule has 0 spiro atoms. The van der Waals surface area contributed by atoms with E-state index in [2.05, 4.69) is 9.88 Å². The number of hydrogen-bond acceptors (Lipinski definition) is 5. The van der Waals surface area contributed by atoms with Gasteiger partial charge in [0.25, 0.3) is 5.91 Å². The molecular formula is C18H27N3O3. The average molecular weight is 333 g/mol. The molecule has 1 amide bonds. The summed E-state index contributed by atoms with van der Waals surface area (Å²) in [6.07, 6.45) is 1.14. The SMILES string of the molecule is Cc1ccc(C(=O)N2CCCN(CC3COCCO3)CC2)c(C)n1. The van der Waals surface area contributed by atoms with Crippen LogP contribution in [0, 0.1) is 13.8 Å². The van der Waals surface area contributed by atoms with E-state index in [4.69, 9.17) is 9.47 Å². The first-order chi connectivity index (χ1) is 11.6. The smallest absolute Gasteiger partial charge is 0.255 e. The Morgan fingerprint density at radius 1 is 1.21 bits per heavy atom. The molecule has 2 fully saturated rings. The molecular weight excluding hydrogens is 306 g/mol. The van der Waals surface area contributed by atoms with Crippen molar-refractivity contribution in [2.24, 2.45) is 0 Å². The minimum Gasteiger partial charge on any atom is -0.376 e. The van der Waals surface area contributed by atoms with Gasteiger partial charge >= 0.3 is 0 Å². The van der Waals surface area contributed by atoms with E-state index in [-0.39, 0.29) is 12.0 Å². The largest absolute Gasteiger partial charge is 0.376 e. The molecule has 1 aromatic rings. The van der Waals surface area contributed by atoms with Crippen molar-refractivity contribution in [1.82, 2.24) is 14.8 Å². The fourth-order valence-electron chi connectivity index (χ4n) is 3.37. The van der Waals surface area contributed by atoms with Crippen molar-refractivity contribution >= 4 is 5.91 Å². The van der Waals surface area contributed by atoms with Crippen LogP contribution in [0.5, 0.6) is 0 Å². The van der Waals surface area contributed by atoms with Gasteiger partial charge in [-0.3, -0.25) is 14.7 Å². The summed E-state index contributed by atoms with van der Waals surface area (Å²) in [6.45, 7) is 10.2. The molecule has 24 heavy (non-hydrogen) atoms. The molecule has 0 N–H and O–H groups in total. The zero-order chi connectivity index (χ0) is 16.9. The number of amides is 1. The number of carbonyl (C=O) groups excluding carboxylic acids is 1. The molecule has 1 atom stereocenters. The first-order valence-electron chi connectivity index (χ1n) is 8.78. The lowest BCUT2D eigenvalue weighted by atomic mass is 10.1. The van der Waals surface area contributed by atoms with Crippen molar-refractivity contribution in [3.05, 3.63) is 29.1 Å². The van der Waals surface area contributed by atoms with Crippen LogP contribution in [-0.2, 0) is 9.47 Å². The predicted octanol–water partition coefficient (Wildman–Crippen LogP) is 1.26. The highest BCUT2D eigenvalue weighted by Crippen LogP contribution is 2.13. The molecule has 6 heteroatoms. The average Bonchev–Trinajstić information content (AvgIpc) is 2.81. The maximum absolute atomic E-state index is 12.8. The molecule has 0 saturated carbocycles. The van der Waals surface area contributed by atoms with Gasteiger partial charge in [-0.1, -0.05) is 0 Å². The Labute approximate surface area is 143 Å². The van der Waals surface area contributed by atoms with Crippen LogP contribution in [0.15, 0.2) is 12.1 Å². The molecule has 6 nitrogen and oxygen atoms in total. The molecule has 132 valence electrons. The van der Waals surface area contributed by atoms with Crippen molar-refractivity contribution in [2.75, 3.05) is 52.5 Å². The van der Waals surface area contributed by atoms with E-state index in [1.165, 1.54) is 0 Å². The van der Waals surface area contributed by atoms with E-state index in [1.807, 2.05) is 30.9 Å². The molecule has 0 radical (unpaired) electrons. The molecule has 0 bridgehead atoms. The van der Waals surface area contributed by atoms with E-state index in [9.17, 15) is 4.79 Å². The van der Waals surface area contributed by atoms with Gasteiger partial charge in [-0.25, -0.2) is 0 Å². The summed E-state index contributed by atoms with van der Waals surface area (Å²) in [7, 11) is 0. The molecule has 1 aromatic heterocycles. The second-order valence-corrected chi connectivity index (χ2v) is 6.60. The van der Waals surface area contributed by atoms with Crippen LogP contribution in [-0.4, -0.2) is 79.3 Å². The van der Waals surface area contributed by atoms with Gasteiger partial charge < -0.3 is 14.4 Å². The van der Waals surface area contributed by atoms with Crippen molar-refractivity contribution < 1.29 is 14.3 Å². The third kappa shape index (κ3) is 4.32. The fourth-order valence-corrected chi connectivity index (χ4v) is 3.37. The van der Waals surface area contributed by atoms with Crippen LogP contribution in [0.25, 0.3) is 0 Å². The lowest BCUT2D eigenvalue weighted by Crippen LogP contribution is -2.42. The summed E-state index contributed by atoms with van der Waals surface area (Å²) in [5.41, 5.74) is 2.48. The number of hydrogen-bond donors (Lipinski definition) is 0. The van der Waals surface area contributed by atoms with Gasteiger partial charge in [0.1, 0.15) is 0 Å². The molecule has 2 aliphatic rings. The first kappa shape index (κ1) is 17.3. The van der Waals surface area contributed by atoms with Crippen LogP contribution in [0.1, 0.15) is 28.2 Å². The van der Waals surface area contributed by atoms with E-state index < -0.39 is 0 Å². The van der Waals surface area contributed by atoms with Crippen molar-refractivity contribution in [1.29, 1.82) is 0 Å². The van der Waals surface area contributed by atoms with E-state index in [0.29, 0.717) is 19.8 Å². The first-order valence-corrected chi connectivity index (χ1v) is 8.78. The van der Waals surface area contributed by atoms with Crippen LogP contribution in [0.2, 0.25) is 0 Å². The molecule has 2 aliphatic heterocycles.